The number of rotatable bonds is 1. The average molecular weight is 299 g/mol. The Balaban J connectivity index is 1.50. The number of fused-ring (bicyclic) bond motifs is 2. The minimum atomic E-state index is -0.0820. The summed E-state index contributed by atoms with van der Waals surface area (Å²) in [6.07, 6.45) is 11.2. The van der Waals surface area contributed by atoms with E-state index in [1.807, 2.05) is 0 Å². The fraction of sp³-hybridized carbons (Fsp3) is 0.700. The van der Waals surface area contributed by atoms with Crippen molar-refractivity contribution in [2.45, 2.75) is 75.3 Å². The first kappa shape index (κ1) is 14.7. The smallest absolute Gasteiger partial charge is 0.0695 e. The van der Waals surface area contributed by atoms with Gasteiger partial charge in [-0.05, 0) is 74.6 Å². The third-order valence-corrected chi connectivity index (χ3v) is 6.61. The van der Waals surface area contributed by atoms with E-state index in [0.717, 1.165) is 6.42 Å². The predicted octanol–water partition coefficient (Wildman–Crippen LogP) is 3.66. The van der Waals surface area contributed by atoms with Gasteiger partial charge in [0, 0.05) is 6.04 Å². The highest BCUT2D eigenvalue weighted by Crippen LogP contribution is 2.45. The Kier molecular flexibility index (Phi) is 4.00. The molecule has 0 aromatic heterocycles. The lowest BCUT2D eigenvalue weighted by molar-refractivity contribution is -0.00219. The molecule has 4 rings (SSSR count). The van der Waals surface area contributed by atoms with Gasteiger partial charge < -0.3 is 5.11 Å². The number of hydrogen-bond acceptors (Lipinski definition) is 2. The third-order valence-electron chi connectivity index (χ3n) is 6.61. The summed E-state index contributed by atoms with van der Waals surface area (Å²) in [5.41, 5.74) is 3.68. The van der Waals surface area contributed by atoms with E-state index in [1.165, 1.54) is 64.5 Å². The largest absolute Gasteiger partial charge is 0.391 e. The van der Waals surface area contributed by atoms with Gasteiger partial charge in [0.25, 0.3) is 0 Å². The van der Waals surface area contributed by atoms with Crippen LogP contribution in [0.15, 0.2) is 24.3 Å². The standard InChI is InChI=1S/C20H29NO/c22-19-10-4-3-9-18(19)21-14-12-20(13-15-21)11-5-7-16-6-1-2-8-17(16)20/h1-2,6,8,18-19,22H,3-5,7,9-15H2/t18-,19-/m1/s1. The highest BCUT2D eigenvalue weighted by atomic mass is 16.3. The van der Waals surface area contributed by atoms with E-state index >= 15 is 0 Å². The molecule has 2 nitrogen and oxygen atoms in total. The van der Waals surface area contributed by atoms with Gasteiger partial charge in [-0.2, -0.15) is 0 Å². The molecule has 2 atom stereocenters. The minimum Gasteiger partial charge on any atom is -0.391 e. The van der Waals surface area contributed by atoms with Crippen LogP contribution >= 0.6 is 0 Å². The van der Waals surface area contributed by atoms with Crippen molar-refractivity contribution in [2.75, 3.05) is 13.1 Å². The van der Waals surface area contributed by atoms with Crippen molar-refractivity contribution in [3.8, 4) is 0 Å². The molecule has 2 heteroatoms. The average Bonchev–Trinajstić information content (AvgIpc) is 2.57. The summed E-state index contributed by atoms with van der Waals surface area (Å²) in [4.78, 5) is 2.60. The highest BCUT2D eigenvalue weighted by molar-refractivity contribution is 5.37. The molecule has 1 aromatic rings. The summed E-state index contributed by atoms with van der Waals surface area (Å²) in [5, 5.41) is 10.3. The lowest BCUT2D eigenvalue weighted by Gasteiger charge is -2.48. The lowest BCUT2D eigenvalue weighted by atomic mass is 9.64. The van der Waals surface area contributed by atoms with Crippen LogP contribution < -0.4 is 0 Å². The number of likely N-dealkylation sites (tertiary alicyclic amines) is 1. The minimum absolute atomic E-state index is 0.0820. The Morgan fingerprint density at radius 3 is 2.55 bits per heavy atom. The molecular weight excluding hydrogens is 270 g/mol. The highest BCUT2D eigenvalue weighted by Gasteiger charge is 2.41. The predicted molar refractivity (Wildman–Crippen MR) is 90.1 cm³/mol. The van der Waals surface area contributed by atoms with E-state index in [9.17, 15) is 5.11 Å². The number of aryl methyl sites for hydroxylation is 1. The normalized spacial score (nSPS) is 31.9. The zero-order valence-corrected chi connectivity index (χ0v) is 13.6. The zero-order chi connectivity index (χ0) is 15.0. The number of nitrogens with zero attached hydrogens (tertiary/aromatic N) is 1. The Bertz CT molecular complexity index is 518. The molecule has 1 saturated carbocycles. The van der Waals surface area contributed by atoms with Crippen LogP contribution in [0, 0.1) is 0 Å². The molecule has 120 valence electrons. The van der Waals surface area contributed by atoms with Gasteiger partial charge in [0.2, 0.25) is 0 Å². The summed E-state index contributed by atoms with van der Waals surface area (Å²) in [6, 6.07) is 9.59. The number of aliphatic hydroxyl groups excluding tert-OH is 1. The molecule has 0 amide bonds. The molecule has 0 bridgehead atoms. The fourth-order valence-corrected chi connectivity index (χ4v) is 5.33. The second-order valence-corrected chi connectivity index (χ2v) is 7.75. The Labute approximate surface area is 134 Å². The van der Waals surface area contributed by atoms with Crippen LogP contribution in [0.5, 0.6) is 0 Å². The first-order valence-electron chi connectivity index (χ1n) is 9.29. The Morgan fingerprint density at radius 2 is 1.73 bits per heavy atom. The molecule has 1 saturated heterocycles. The van der Waals surface area contributed by atoms with Crippen molar-refractivity contribution < 1.29 is 5.11 Å². The zero-order valence-electron chi connectivity index (χ0n) is 13.6. The van der Waals surface area contributed by atoms with Crippen LogP contribution in [-0.2, 0) is 11.8 Å². The number of hydrogen-bond donors (Lipinski definition) is 1. The molecule has 3 aliphatic rings. The van der Waals surface area contributed by atoms with Crippen LogP contribution in [0.2, 0.25) is 0 Å². The van der Waals surface area contributed by atoms with Gasteiger partial charge in [0.05, 0.1) is 6.10 Å². The summed E-state index contributed by atoms with van der Waals surface area (Å²) in [6.45, 7) is 2.35. The molecule has 2 fully saturated rings. The van der Waals surface area contributed by atoms with Gasteiger partial charge in [-0.15, -0.1) is 0 Å². The maximum Gasteiger partial charge on any atom is 0.0695 e. The molecule has 1 aliphatic heterocycles. The van der Waals surface area contributed by atoms with Crippen LogP contribution in [-0.4, -0.2) is 35.2 Å². The topological polar surface area (TPSA) is 23.5 Å². The number of aliphatic hydroxyl groups is 1. The number of benzene rings is 1. The Morgan fingerprint density at radius 1 is 0.955 bits per heavy atom. The van der Waals surface area contributed by atoms with E-state index < -0.39 is 0 Å². The van der Waals surface area contributed by atoms with Gasteiger partial charge in [0.15, 0.2) is 0 Å². The fourth-order valence-electron chi connectivity index (χ4n) is 5.33. The molecule has 1 heterocycles. The van der Waals surface area contributed by atoms with Crippen molar-refractivity contribution in [3.05, 3.63) is 35.4 Å². The molecule has 0 radical (unpaired) electrons. The second kappa shape index (κ2) is 5.98. The molecule has 22 heavy (non-hydrogen) atoms. The second-order valence-electron chi connectivity index (χ2n) is 7.75. The van der Waals surface area contributed by atoms with E-state index in [1.54, 1.807) is 11.1 Å². The summed E-state index contributed by atoms with van der Waals surface area (Å²) >= 11 is 0. The van der Waals surface area contributed by atoms with Crippen molar-refractivity contribution in [3.63, 3.8) is 0 Å². The van der Waals surface area contributed by atoms with Crippen molar-refractivity contribution >= 4 is 0 Å². The third kappa shape index (κ3) is 2.51. The maximum absolute atomic E-state index is 10.3. The summed E-state index contributed by atoms with van der Waals surface area (Å²) in [5.74, 6) is 0. The molecule has 1 N–H and O–H groups in total. The van der Waals surface area contributed by atoms with Crippen LogP contribution in [0.3, 0.4) is 0 Å². The SMILES string of the molecule is O[C@@H]1CCCC[C@H]1N1CCC2(CCCc3ccccc32)CC1. The summed E-state index contributed by atoms with van der Waals surface area (Å²) in [7, 11) is 0. The molecular formula is C20H29NO. The first-order valence-corrected chi connectivity index (χ1v) is 9.29. The van der Waals surface area contributed by atoms with E-state index in [0.29, 0.717) is 11.5 Å². The van der Waals surface area contributed by atoms with Crippen molar-refractivity contribution in [1.29, 1.82) is 0 Å². The molecule has 2 aliphatic carbocycles. The monoisotopic (exact) mass is 299 g/mol. The van der Waals surface area contributed by atoms with Crippen molar-refractivity contribution in [2.24, 2.45) is 0 Å². The molecule has 1 spiro atoms. The molecule has 1 aromatic carbocycles. The van der Waals surface area contributed by atoms with Gasteiger partial charge >= 0.3 is 0 Å². The number of piperidine rings is 1. The maximum atomic E-state index is 10.3. The van der Waals surface area contributed by atoms with Gasteiger partial charge in [0.1, 0.15) is 0 Å². The summed E-state index contributed by atoms with van der Waals surface area (Å²) < 4.78 is 0. The van der Waals surface area contributed by atoms with Gasteiger partial charge in [-0.3, -0.25) is 4.90 Å². The van der Waals surface area contributed by atoms with Crippen LogP contribution in [0.1, 0.15) is 62.5 Å². The van der Waals surface area contributed by atoms with Crippen LogP contribution in [0.25, 0.3) is 0 Å². The first-order chi connectivity index (χ1) is 10.8. The van der Waals surface area contributed by atoms with Crippen molar-refractivity contribution in [1.82, 2.24) is 4.90 Å². The Hall–Kier alpha value is -0.860. The van der Waals surface area contributed by atoms with Gasteiger partial charge in [-0.1, -0.05) is 37.1 Å². The van der Waals surface area contributed by atoms with E-state index in [4.69, 9.17) is 0 Å². The lowest BCUT2D eigenvalue weighted by Crippen LogP contribution is -2.52. The van der Waals surface area contributed by atoms with E-state index in [2.05, 4.69) is 29.2 Å². The van der Waals surface area contributed by atoms with Crippen LogP contribution in [0.4, 0.5) is 0 Å². The quantitative estimate of drug-likeness (QED) is 0.855. The van der Waals surface area contributed by atoms with Gasteiger partial charge in [-0.25, -0.2) is 0 Å². The molecule has 0 unspecified atom stereocenters. The van der Waals surface area contributed by atoms with E-state index in [-0.39, 0.29) is 6.10 Å².